The van der Waals surface area contributed by atoms with Crippen molar-refractivity contribution in [2.45, 2.75) is 19.9 Å². The topological polar surface area (TPSA) is 32.3 Å². The van der Waals surface area contributed by atoms with Crippen LogP contribution in [-0.4, -0.2) is 47.1 Å². The number of hydrogen-bond acceptors (Lipinski definition) is 4. The molecule has 150 valence electrons. The Balaban J connectivity index is 1.74. The first-order valence-corrected chi connectivity index (χ1v) is 10.7. The highest BCUT2D eigenvalue weighted by Crippen LogP contribution is 2.35. The van der Waals surface area contributed by atoms with Crippen molar-refractivity contribution in [2.24, 2.45) is 0 Å². The molecule has 0 radical (unpaired) electrons. The van der Waals surface area contributed by atoms with Gasteiger partial charge in [-0.1, -0.05) is 53.5 Å². The molecule has 0 N–H and O–H groups in total. The fourth-order valence-electron chi connectivity index (χ4n) is 3.66. The van der Waals surface area contributed by atoms with E-state index in [4.69, 9.17) is 33.2 Å². The fraction of sp³-hybridized carbons (Fsp3) is 0.304. The maximum absolute atomic E-state index is 6.53. The van der Waals surface area contributed by atoms with E-state index in [0.717, 1.165) is 54.5 Å². The molecule has 0 unspecified atom stereocenters. The van der Waals surface area contributed by atoms with Crippen molar-refractivity contribution in [3.63, 3.8) is 0 Å². The summed E-state index contributed by atoms with van der Waals surface area (Å²) in [5, 5.41) is 1.38. The van der Waals surface area contributed by atoms with Gasteiger partial charge in [0.1, 0.15) is 0 Å². The third-order valence-electron chi connectivity index (χ3n) is 5.39. The van der Waals surface area contributed by atoms with Crippen LogP contribution >= 0.6 is 23.2 Å². The highest BCUT2D eigenvalue weighted by molar-refractivity contribution is 6.33. The molecule has 1 saturated heterocycles. The summed E-state index contributed by atoms with van der Waals surface area (Å²) in [5.74, 6) is 0.751. The number of aromatic nitrogens is 2. The summed E-state index contributed by atoms with van der Waals surface area (Å²) in [6, 6.07) is 16.1. The summed E-state index contributed by atoms with van der Waals surface area (Å²) in [6.45, 7) is 8.34. The van der Waals surface area contributed by atoms with Crippen LogP contribution < -0.4 is 4.90 Å². The third-order valence-corrected chi connectivity index (χ3v) is 5.97. The van der Waals surface area contributed by atoms with Gasteiger partial charge in [-0.2, -0.15) is 0 Å². The van der Waals surface area contributed by atoms with Gasteiger partial charge in [0.25, 0.3) is 0 Å². The summed E-state index contributed by atoms with van der Waals surface area (Å²) in [4.78, 5) is 14.4. The minimum atomic E-state index is 0.559. The molecule has 4 rings (SSSR count). The van der Waals surface area contributed by atoms with Gasteiger partial charge in [-0.05, 0) is 37.6 Å². The number of anilines is 1. The highest BCUT2D eigenvalue weighted by Gasteiger charge is 2.22. The van der Waals surface area contributed by atoms with Crippen molar-refractivity contribution in [3.05, 3.63) is 64.8 Å². The van der Waals surface area contributed by atoms with Crippen molar-refractivity contribution in [1.29, 1.82) is 0 Å². The van der Waals surface area contributed by atoms with E-state index in [2.05, 4.69) is 23.6 Å². The second-order valence-corrected chi connectivity index (χ2v) is 8.38. The lowest BCUT2D eigenvalue weighted by molar-refractivity contribution is 0.208. The first-order valence-electron chi connectivity index (χ1n) is 9.90. The number of piperazine rings is 1. The van der Waals surface area contributed by atoms with Gasteiger partial charge >= 0.3 is 0 Å². The minimum Gasteiger partial charge on any atom is -0.338 e. The van der Waals surface area contributed by atoms with Crippen molar-refractivity contribution in [1.82, 2.24) is 14.9 Å². The molecule has 0 atom stereocenters. The maximum Gasteiger partial charge on any atom is 0.225 e. The van der Waals surface area contributed by atoms with Crippen LogP contribution in [0.25, 0.3) is 22.4 Å². The van der Waals surface area contributed by atoms with E-state index in [-0.39, 0.29) is 0 Å². The summed E-state index contributed by atoms with van der Waals surface area (Å²) in [5.41, 5.74) is 3.71. The Bertz CT molecular complexity index is 980. The minimum absolute atomic E-state index is 0.559. The summed E-state index contributed by atoms with van der Waals surface area (Å²) < 4.78 is 0. The van der Waals surface area contributed by atoms with Crippen LogP contribution in [-0.2, 0) is 0 Å². The van der Waals surface area contributed by atoms with Crippen molar-refractivity contribution in [3.8, 4) is 22.4 Å². The van der Waals surface area contributed by atoms with Crippen LogP contribution in [0.5, 0.6) is 0 Å². The van der Waals surface area contributed by atoms with Crippen LogP contribution in [0.1, 0.15) is 13.8 Å². The zero-order valence-corrected chi connectivity index (χ0v) is 18.2. The monoisotopic (exact) mass is 426 g/mol. The van der Waals surface area contributed by atoms with Gasteiger partial charge in [0, 0.05) is 59.6 Å². The van der Waals surface area contributed by atoms with Gasteiger partial charge in [0.15, 0.2) is 0 Å². The largest absolute Gasteiger partial charge is 0.338 e. The van der Waals surface area contributed by atoms with E-state index < -0.39 is 0 Å². The normalized spacial score (nSPS) is 15.1. The smallest absolute Gasteiger partial charge is 0.225 e. The zero-order chi connectivity index (χ0) is 20.4. The van der Waals surface area contributed by atoms with Crippen molar-refractivity contribution < 1.29 is 0 Å². The first-order chi connectivity index (χ1) is 14.0. The SMILES string of the molecule is CC(C)N1CCN(c2ncc(-c3ccc(Cl)cc3)c(-c3ccccc3Cl)n2)CC1. The standard InChI is InChI=1S/C23H24Cl2N4/c1-16(2)28-11-13-29(14-12-28)23-26-15-20(17-7-9-18(24)10-8-17)22(27-23)19-5-3-4-6-21(19)25/h3-10,15-16H,11-14H2,1-2H3. The van der Waals surface area contributed by atoms with E-state index >= 15 is 0 Å². The zero-order valence-electron chi connectivity index (χ0n) is 16.6. The quantitative estimate of drug-likeness (QED) is 0.539. The molecule has 1 aromatic heterocycles. The van der Waals surface area contributed by atoms with Gasteiger partial charge < -0.3 is 4.90 Å². The van der Waals surface area contributed by atoms with Gasteiger partial charge in [0.2, 0.25) is 5.95 Å². The molecule has 0 saturated carbocycles. The average molecular weight is 427 g/mol. The molecular weight excluding hydrogens is 403 g/mol. The second-order valence-electron chi connectivity index (χ2n) is 7.54. The Morgan fingerprint density at radius 2 is 1.55 bits per heavy atom. The van der Waals surface area contributed by atoms with Crippen LogP contribution in [0.2, 0.25) is 10.0 Å². The maximum atomic E-state index is 6.53. The predicted molar refractivity (Wildman–Crippen MR) is 122 cm³/mol. The third kappa shape index (κ3) is 4.40. The van der Waals surface area contributed by atoms with Crippen LogP contribution in [0.3, 0.4) is 0 Å². The molecule has 0 spiro atoms. The van der Waals surface area contributed by atoms with E-state index in [9.17, 15) is 0 Å². The molecule has 1 aliphatic heterocycles. The Labute approximate surface area is 182 Å². The highest BCUT2D eigenvalue weighted by atomic mass is 35.5. The average Bonchev–Trinajstić information content (AvgIpc) is 2.74. The summed E-state index contributed by atoms with van der Waals surface area (Å²) in [6.07, 6.45) is 1.90. The van der Waals surface area contributed by atoms with E-state index in [1.54, 1.807) is 0 Å². The number of nitrogens with zero attached hydrogens (tertiary/aromatic N) is 4. The van der Waals surface area contributed by atoms with Crippen LogP contribution in [0.4, 0.5) is 5.95 Å². The lowest BCUT2D eigenvalue weighted by Gasteiger charge is -2.37. The predicted octanol–water partition coefficient (Wildman–Crippen LogP) is 5.65. The molecular formula is C23H24Cl2N4. The van der Waals surface area contributed by atoms with Gasteiger partial charge in [-0.25, -0.2) is 9.97 Å². The Morgan fingerprint density at radius 3 is 2.21 bits per heavy atom. The Kier molecular flexibility index (Phi) is 6.04. The molecule has 3 aromatic rings. The van der Waals surface area contributed by atoms with E-state index in [1.165, 1.54) is 0 Å². The fourth-order valence-corrected chi connectivity index (χ4v) is 4.01. The lowest BCUT2D eigenvalue weighted by Crippen LogP contribution is -2.49. The summed E-state index contributed by atoms with van der Waals surface area (Å²) >= 11 is 12.6. The molecule has 4 nitrogen and oxygen atoms in total. The lowest BCUT2D eigenvalue weighted by atomic mass is 10.0. The van der Waals surface area contributed by atoms with Crippen LogP contribution in [0, 0.1) is 0 Å². The molecule has 2 aromatic carbocycles. The second kappa shape index (κ2) is 8.70. The number of benzene rings is 2. The number of hydrogen-bond donors (Lipinski definition) is 0. The molecule has 0 amide bonds. The number of rotatable bonds is 4. The molecule has 0 bridgehead atoms. The van der Waals surface area contributed by atoms with Gasteiger partial charge in [-0.15, -0.1) is 0 Å². The first kappa shape index (κ1) is 20.1. The van der Waals surface area contributed by atoms with Gasteiger partial charge in [0.05, 0.1) is 5.69 Å². The molecule has 1 aliphatic rings. The van der Waals surface area contributed by atoms with E-state index in [1.807, 2.05) is 54.7 Å². The molecule has 0 aliphatic carbocycles. The molecule has 1 fully saturated rings. The Morgan fingerprint density at radius 1 is 0.862 bits per heavy atom. The molecule has 2 heterocycles. The van der Waals surface area contributed by atoms with Crippen molar-refractivity contribution in [2.75, 3.05) is 31.1 Å². The van der Waals surface area contributed by atoms with Crippen LogP contribution in [0.15, 0.2) is 54.7 Å². The number of halogens is 2. The molecule has 6 heteroatoms. The Hall–Kier alpha value is -2.14. The van der Waals surface area contributed by atoms with E-state index in [0.29, 0.717) is 16.1 Å². The molecule has 29 heavy (non-hydrogen) atoms. The van der Waals surface area contributed by atoms with Crippen molar-refractivity contribution >= 4 is 29.2 Å². The van der Waals surface area contributed by atoms with Gasteiger partial charge in [-0.3, -0.25) is 4.90 Å². The summed E-state index contributed by atoms with van der Waals surface area (Å²) in [7, 11) is 0.